The first-order chi connectivity index (χ1) is 13.5. The van der Waals surface area contributed by atoms with Crippen LogP contribution in [0.4, 0.5) is 18.0 Å². The lowest BCUT2D eigenvalue weighted by Gasteiger charge is -2.32. The average Bonchev–Trinajstić information content (AvgIpc) is 2.63. The van der Waals surface area contributed by atoms with Gasteiger partial charge in [-0.2, -0.15) is 13.2 Å². The molecule has 2 amide bonds. The van der Waals surface area contributed by atoms with Crippen molar-refractivity contribution in [2.24, 2.45) is 5.92 Å². The zero-order valence-corrected chi connectivity index (χ0v) is 16.7. The van der Waals surface area contributed by atoms with E-state index in [0.29, 0.717) is 25.9 Å². The topological polar surface area (TPSA) is 58.6 Å². The van der Waals surface area contributed by atoms with Gasteiger partial charge < -0.3 is 15.0 Å². The fraction of sp³-hybridized carbons (Fsp3) is 0.524. The van der Waals surface area contributed by atoms with Gasteiger partial charge in [-0.05, 0) is 51.8 Å². The van der Waals surface area contributed by atoms with Crippen LogP contribution in [0.2, 0.25) is 0 Å². The SMILES string of the molecule is CC(C)(C)OC(=O)N1CCC(C(=O)NCC#Cc2cccc(C(F)(F)F)c2)CC1. The summed E-state index contributed by atoms with van der Waals surface area (Å²) >= 11 is 0. The first-order valence-corrected chi connectivity index (χ1v) is 9.37. The lowest BCUT2D eigenvalue weighted by atomic mass is 9.96. The van der Waals surface area contributed by atoms with Crippen molar-refractivity contribution in [3.8, 4) is 11.8 Å². The molecule has 1 fully saturated rings. The number of benzene rings is 1. The van der Waals surface area contributed by atoms with Gasteiger partial charge in [-0.1, -0.05) is 17.9 Å². The van der Waals surface area contributed by atoms with Gasteiger partial charge in [0.25, 0.3) is 0 Å². The van der Waals surface area contributed by atoms with Crippen LogP contribution in [0.25, 0.3) is 0 Å². The van der Waals surface area contributed by atoms with Crippen molar-refractivity contribution in [3.63, 3.8) is 0 Å². The predicted octanol–water partition coefficient (Wildman–Crippen LogP) is 3.82. The van der Waals surface area contributed by atoms with E-state index in [1.807, 2.05) is 0 Å². The van der Waals surface area contributed by atoms with Crippen LogP contribution < -0.4 is 5.32 Å². The van der Waals surface area contributed by atoms with Crippen LogP contribution in [0.1, 0.15) is 44.7 Å². The standard InChI is InChI=1S/C21H25F3N2O3/c1-20(2,3)29-19(28)26-12-9-16(10-13-26)18(27)25-11-5-7-15-6-4-8-17(14-15)21(22,23)24/h4,6,8,14,16H,9-13H2,1-3H3,(H,25,27). The van der Waals surface area contributed by atoms with Crippen LogP contribution in [0, 0.1) is 17.8 Å². The number of ether oxygens (including phenoxy) is 1. The van der Waals surface area contributed by atoms with E-state index in [1.165, 1.54) is 12.1 Å². The molecule has 0 aromatic heterocycles. The van der Waals surface area contributed by atoms with Crippen LogP contribution >= 0.6 is 0 Å². The molecule has 158 valence electrons. The Morgan fingerprint density at radius 3 is 2.45 bits per heavy atom. The smallest absolute Gasteiger partial charge is 0.416 e. The van der Waals surface area contributed by atoms with E-state index in [4.69, 9.17) is 4.74 Å². The second-order valence-electron chi connectivity index (χ2n) is 7.84. The molecule has 0 spiro atoms. The van der Waals surface area contributed by atoms with Crippen molar-refractivity contribution in [1.29, 1.82) is 0 Å². The summed E-state index contributed by atoms with van der Waals surface area (Å²) in [7, 11) is 0. The second kappa shape index (κ2) is 9.21. The Morgan fingerprint density at radius 1 is 1.21 bits per heavy atom. The van der Waals surface area contributed by atoms with E-state index in [9.17, 15) is 22.8 Å². The van der Waals surface area contributed by atoms with E-state index in [1.54, 1.807) is 25.7 Å². The highest BCUT2D eigenvalue weighted by Crippen LogP contribution is 2.29. The van der Waals surface area contributed by atoms with Crippen LogP contribution in [0.15, 0.2) is 24.3 Å². The summed E-state index contributed by atoms with van der Waals surface area (Å²) in [4.78, 5) is 25.9. The molecule has 1 aromatic rings. The summed E-state index contributed by atoms with van der Waals surface area (Å²) in [6.07, 6.45) is -3.76. The fourth-order valence-electron chi connectivity index (χ4n) is 2.85. The Morgan fingerprint density at radius 2 is 1.86 bits per heavy atom. The molecule has 29 heavy (non-hydrogen) atoms. The highest BCUT2D eigenvalue weighted by atomic mass is 19.4. The maximum Gasteiger partial charge on any atom is 0.416 e. The summed E-state index contributed by atoms with van der Waals surface area (Å²) in [5.74, 6) is 4.89. The molecule has 0 radical (unpaired) electrons. The van der Waals surface area contributed by atoms with Crippen LogP contribution in [-0.2, 0) is 15.7 Å². The summed E-state index contributed by atoms with van der Waals surface area (Å²) in [5.41, 5.74) is -1.09. The molecule has 0 atom stereocenters. The van der Waals surface area contributed by atoms with Gasteiger partial charge in [0.2, 0.25) is 5.91 Å². The monoisotopic (exact) mass is 410 g/mol. The lowest BCUT2D eigenvalue weighted by molar-refractivity contribution is -0.137. The summed E-state index contributed by atoms with van der Waals surface area (Å²) in [6, 6.07) is 4.73. The molecule has 1 aromatic carbocycles. The van der Waals surface area contributed by atoms with E-state index in [-0.39, 0.29) is 30.0 Å². The number of nitrogens with zero attached hydrogens (tertiary/aromatic N) is 1. The molecule has 0 saturated carbocycles. The van der Waals surface area contributed by atoms with Crippen LogP contribution in [0.3, 0.4) is 0 Å². The third-order valence-corrected chi connectivity index (χ3v) is 4.29. The van der Waals surface area contributed by atoms with Gasteiger partial charge in [0.1, 0.15) is 5.60 Å². The van der Waals surface area contributed by atoms with Gasteiger partial charge in [-0.3, -0.25) is 4.79 Å². The maximum absolute atomic E-state index is 12.7. The van der Waals surface area contributed by atoms with Crippen LogP contribution in [-0.4, -0.2) is 42.1 Å². The minimum Gasteiger partial charge on any atom is -0.444 e. The molecule has 0 unspecified atom stereocenters. The van der Waals surface area contributed by atoms with Crippen molar-refractivity contribution in [3.05, 3.63) is 35.4 Å². The number of nitrogens with one attached hydrogen (secondary N) is 1. The predicted molar refractivity (Wildman–Crippen MR) is 102 cm³/mol. The van der Waals surface area contributed by atoms with E-state index < -0.39 is 17.3 Å². The minimum absolute atomic E-state index is 0.0430. The number of piperidine rings is 1. The number of hydrogen-bond acceptors (Lipinski definition) is 3. The van der Waals surface area contributed by atoms with Gasteiger partial charge in [-0.25, -0.2) is 4.79 Å². The van der Waals surface area contributed by atoms with Gasteiger partial charge in [0.15, 0.2) is 0 Å². The van der Waals surface area contributed by atoms with Crippen molar-refractivity contribution >= 4 is 12.0 Å². The third-order valence-electron chi connectivity index (χ3n) is 4.29. The Labute approximate surface area is 168 Å². The molecular weight excluding hydrogens is 385 g/mol. The van der Waals surface area contributed by atoms with Crippen molar-refractivity contribution in [2.75, 3.05) is 19.6 Å². The summed E-state index contributed by atoms with van der Waals surface area (Å²) in [5, 5.41) is 2.68. The van der Waals surface area contributed by atoms with Gasteiger partial charge in [-0.15, -0.1) is 0 Å². The summed E-state index contributed by atoms with van der Waals surface area (Å²) in [6.45, 7) is 6.30. The molecule has 0 bridgehead atoms. The number of likely N-dealkylation sites (tertiary alicyclic amines) is 1. The maximum atomic E-state index is 12.7. The quantitative estimate of drug-likeness (QED) is 0.754. The average molecular weight is 410 g/mol. The lowest BCUT2D eigenvalue weighted by Crippen LogP contribution is -2.44. The molecule has 1 aliphatic rings. The molecule has 1 saturated heterocycles. The molecule has 1 N–H and O–H groups in total. The largest absolute Gasteiger partial charge is 0.444 e. The minimum atomic E-state index is -4.42. The number of halogens is 3. The highest BCUT2D eigenvalue weighted by Gasteiger charge is 2.31. The number of hydrogen-bond donors (Lipinski definition) is 1. The van der Waals surface area contributed by atoms with Crippen molar-refractivity contribution in [1.82, 2.24) is 10.2 Å². The third kappa shape index (κ3) is 7.33. The molecule has 1 aliphatic heterocycles. The van der Waals surface area contributed by atoms with Gasteiger partial charge in [0.05, 0.1) is 12.1 Å². The van der Waals surface area contributed by atoms with Crippen LogP contribution in [0.5, 0.6) is 0 Å². The zero-order valence-electron chi connectivity index (χ0n) is 16.7. The molecule has 5 nitrogen and oxygen atoms in total. The number of carbonyl (C=O) groups excluding carboxylic acids is 2. The number of rotatable bonds is 2. The molecule has 1 heterocycles. The molecule has 8 heteroatoms. The van der Waals surface area contributed by atoms with Crippen molar-refractivity contribution in [2.45, 2.75) is 45.4 Å². The van der Waals surface area contributed by atoms with E-state index >= 15 is 0 Å². The molecule has 2 rings (SSSR count). The van der Waals surface area contributed by atoms with Crippen molar-refractivity contribution < 1.29 is 27.5 Å². The van der Waals surface area contributed by atoms with Gasteiger partial charge in [0, 0.05) is 24.6 Å². The first kappa shape index (κ1) is 22.6. The number of carbonyl (C=O) groups is 2. The Bertz CT molecular complexity index is 796. The fourth-order valence-corrected chi connectivity index (χ4v) is 2.85. The van der Waals surface area contributed by atoms with E-state index in [0.717, 1.165) is 12.1 Å². The zero-order chi connectivity index (χ0) is 21.7. The Balaban J connectivity index is 1.79. The van der Waals surface area contributed by atoms with E-state index in [2.05, 4.69) is 17.2 Å². The van der Waals surface area contributed by atoms with Gasteiger partial charge >= 0.3 is 12.3 Å². The molecule has 0 aliphatic carbocycles. The summed E-state index contributed by atoms with van der Waals surface area (Å²) < 4.78 is 43.4. The Hall–Kier alpha value is -2.69. The Kier molecular flexibility index (Phi) is 7.17. The number of amides is 2. The number of alkyl halides is 3. The normalized spacial score (nSPS) is 15.3. The molecular formula is C21H25F3N2O3. The second-order valence-corrected chi connectivity index (χ2v) is 7.84. The highest BCUT2D eigenvalue weighted by molar-refractivity contribution is 5.79. The first-order valence-electron chi connectivity index (χ1n) is 9.37.